The molecule has 1 aliphatic rings. The van der Waals surface area contributed by atoms with E-state index in [1.807, 2.05) is 12.4 Å². The molecule has 0 N–H and O–H groups in total. The maximum atomic E-state index is 4.18. The normalized spacial score (nSPS) is 12.4. The minimum atomic E-state index is 1.06. The maximum Gasteiger partial charge on any atom is 0.0349 e. The Kier molecular flexibility index (Phi) is 1.48. The largest absolute Gasteiger partial charge is 0.264 e. The van der Waals surface area contributed by atoms with Crippen molar-refractivity contribution >= 4 is 0 Å². The highest BCUT2D eigenvalue weighted by Gasteiger charge is 2.17. The van der Waals surface area contributed by atoms with Crippen LogP contribution < -0.4 is 0 Å². The number of aromatic nitrogens is 1. The summed E-state index contributed by atoms with van der Waals surface area (Å²) >= 11 is 0. The zero-order valence-corrected chi connectivity index (χ0v) is 8.12. The SMILES string of the molecule is Cc1ccc2c(c1)-c1cnccc1C2. The van der Waals surface area contributed by atoms with Crippen molar-refractivity contribution in [3.63, 3.8) is 0 Å². The molecular formula is C13H11N. The van der Waals surface area contributed by atoms with Crippen LogP contribution >= 0.6 is 0 Å². The average molecular weight is 181 g/mol. The second kappa shape index (κ2) is 2.68. The predicted octanol–water partition coefficient (Wildman–Crippen LogP) is 2.96. The molecule has 0 radical (unpaired) electrons. The van der Waals surface area contributed by atoms with Crippen molar-refractivity contribution in [2.45, 2.75) is 13.3 Å². The number of aryl methyl sites for hydroxylation is 1. The molecule has 14 heavy (non-hydrogen) atoms. The Bertz CT molecular complexity index is 500. The van der Waals surface area contributed by atoms with Crippen molar-refractivity contribution < 1.29 is 0 Å². The fraction of sp³-hybridized carbons (Fsp3) is 0.154. The molecule has 1 heteroatoms. The number of hydrogen-bond donors (Lipinski definition) is 0. The first kappa shape index (κ1) is 7.74. The van der Waals surface area contributed by atoms with Crippen LogP contribution in [0.15, 0.2) is 36.7 Å². The summed E-state index contributed by atoms with van der Waals surface area (Å²) in [6, 6.07) is 8.77. The molecule has 1 aromatic heterocycles. The van der Waals surface area contributed by atoms with E-state index in [4.69, 9.17) is 0 Å². The second-order valence-corrected chi connectivity index (χ2v) is 3.87. The van der Waals surface area contributed by atoms with Crippen LogP contribution in [0.4, 0.5) is 0 Å². The Morgan fingerprint density at radius 1 is 1.07 bits per heavy atom. The van der Waals surface area contributed by atoms with Crippen LogP contribution in [0.25, 0.3) is 11.1 Å². The van der Waals surface area contributed by atoms with Gasteiger partial charge < -0.3 is 0 Å². The van der Waals surface area contributed by atoms with E-state index in [1.54, 1.807) is 0 Å². The molecule has 2 aromatic rings. The number of fused-ring (bicyclic) bond motifs is 3. The monoisotopic (exact) mass is 181 g/mol. The summed E-state index contributed by atoms with van der Waals surface area (Å²) in [4.78, 5) is 4.18. The van der Waals surface area contributed by atoms with E-state index in [0.717, 1.165) is 6.42 Å². The first-order chi connectivity index (χ1) is 6.84. The molecule has 0 saturated heterocycles. The number of nitrogens with zero attached hydrogens (tertiary/aromatic N) is 1. The lowest BCUT2D eigenvalue weighted by Crippen LogP contribution is -1.80. The van der Waals surface area contributed by atoms with E-state index in [1.165, 1.54) is 27.8 Å². The molecule has 0 bridgehead atoms. The van der Waals surface area contributed by atoms with Gasteiger partial charge in [0.25, 0.3) is 0 Å². The predicted molar refractivity (Wildman–Crippen MR) is 57.2 cm³/mol. The summed E-state index contributed by atoms with van der Waals surface area (Å²) in [7, 11) is 0. The lowest BCUT2D eigenvalue weighted by atomic mass is 10.1. The minimum Gasteiger partial charge on any atom is -0.264 e. The molecule has 0 spiro atoms. The molecule has 0 unspecified atom stereocenters. The van der Waals surface area contributed by atoms with Crippen molar-refractivity contribution in [2.24, 2.45) is 0 Å². The van der Waals surface area contributed by atoms with Gasteiger partial charge >= 0.3 is 0 Å². The van der Waals surface area contributed by atoms with Crippen molar-refractivity contribution in [1.82, 2.24) is 4.98 Å². The molecule has 1 aliphatic carbocycles. The summed E-state index contributed by atoms with van der Waals surface area (Å²) in [5.74, 6) is 0. The van der Waals surface area contributed by atoms with E-state index in [9.17, 15) is 0 Å². The molecule has 0 saturated carbocycles. The smallest absolute Gasteiger partial charge is 0.0349 e. The Morgan fingerprint density at radius 2 is 1.93 bits per heavy atom. The fourth-order valence-electron chi connectivity index (χ4n) is 2.12. The van der Waals surface area contributed by atoms with Crippen molar-refractivity contribution in [2.75, 3.05) is 0 Å². The van der Waals surface area contributed by atoms with Gasteiger partial charge in [-0.2, -0.15) is 0 Å². The van der Waals surface area contributed by atoms with E-state index >= 15 is 0 Å². The van der Waals surface area contributed by atoms with Gasteiger partial charge in [-0.05, 0) is 36.1 Å². The molecule has 1 heterocycles. The van der Waals surface area contributed by atoms with Gasteiger partial charge in [-0.3, -0.25) is 4.98 Å². The van der Waals surface area contributed by atoms with Crippen molar-refractivity contribution in [1.29, 1.82) is 0 Å². The van der Waals surface area contributed by atoms with E-state index in [2.05, 4.69) is 36.2 Å². The first-order valence-corrected chi connectivity index (χ1v) is 4.87. The third kappa shape index (κ3) is 0.987. The van der Waals surface area contributed by atoms with Crippen LogP contribution in [0.3, 0.4) is 0 Å². The number of rotatable bonds is 0. The van der Waals surface area contributed by atoms with Gasteiger partial charge in [0.1, 0.15) is 0 Å². The van der Waals surface area contributed by atoms with Crippen LogP contribution in [-0.2, 0) is 6.42 Å². The molecule has 0 atom stereocenters. The van der Waals surface area contributed by atoms with E-state index in [-0.39, 0.29) is 0 Å². The van der Waals surface area contributed by atoms with Crippen LogP contribution in [0, 0.1) is 6.92 Å². The lowest BCUT2D eigenvalue weighted by molar-refractivity contribution is 1.23. The van der Waals surface area contributed by atoms with E-state index < -0.39 is 0 Å². The summed E-state index contributed by atoms with van der Waals surface area (Å²) in [6.45, 7) is 2.13. The zero-order chi connectivity index (χ0) is 9.54. The molecule has 0 fully saturated rings. The van der Waals surface area contributed by atoms with Crippen molar-refractivity contribution in [3.05, 3.63) is 53.3 Å². The Labute approximate surface area is 83.4 Å². The van der Waals surface area contributed by atoms with Gasteiger partial charge in [0.05, 0.1) is 0 Å². The summed E-state index contributed by atoms with van der Waals surface area (Å²) in [5.41, 5.74) is 6.83. The van der Waals surface area contributed by atoms with Crippen LogP contribution in [-0.4, -0.2) is 4.98 Å². The number of benzene rings is 1. The van der Waals surface area contributed by atoms with Gasteiger partial charge in [0.15, 0.2) is 0 Å². The van der Waals surface area contributed by atoms with Crippen LogP contribution in [0.1, 0.15) is 16.7 Å². The molecule has 0 aliphatic heterocycles. The van der Waals surface area contributed by atoms with Gasteiger partial charge in [-0.25, -0.2) is 0 Å². The lowest BCUT2D eigenvalue weighted by Gasteiger charge is -2.00. The Hall–Kier alpha value is -1.63. The third-order valence-corrected chi connectivity index (χ3v) is 2.85. The van der Waals surface area contributed by atoms with Crippen molar-refractivity contribution in [3.8, 4) is 11.1 Å². The summed E-state index contributed by atoms with van der Waals surface area (Å²) in [5, 5.41) is 0. The Balaban J connectivity index is 2.30. The van der Waals surface area contributed by atoms with Crippen LogP contribution in [0.2, 0.25) is 0 Å². The van der Waals surface area contributed by atoms with Gasteiger partial charge in [0, 0.05) is 18.0 Å². The molecule has 3 rings (SSSR count). The van der Waals surface area contributed by atoms with Gasteiger partial charge in [-0.15, -0.1) is 0 Å². The standard InChI is InChI=1S/C13H11N/c1-9-2-3-10-7-11-4-5-14-8-13(11)12(10)6-9/h2-6,8H,7H2,1H3. The Morgan fingerprint density at radius 3 is 2.86 bits per heavy atom. The number of pyridine rings is 1. The summed E-state index contributed by atoms with van der Waals surface area (Å²) in [6.07, 6.45) is 4.91. The fourth-order valence-corrected chi connectivity index (χ4v) is 2.12. The minimum absolute atomic E-state index is 1.06. The maximum absolute atomic E-state index is 4.18. The molecular weight excluding hydrogens is 170 g/mol. The molecule has 0 amide bonds. The molecule has 68 valence electrons. The quantitative estimate of drug-likeness (QED) is 0.519. The molecule has 1 nitrogen and oxygen atoms in total. The highest BCUT2D eigenvalue weighted by atomic mass is 14.6. The first-order valence-electron chi connectivity index (χ1n) is 4.87. The number of hydrogen-bond acceptors (Lipinski definition) is 1. The topological polar surface area (TPSA) is 12.9 Å². The third-order valence-electron chi connectivity index (χ3n) is 2.85. The highest BCUT2D eigenvalue weighted by Crippen LogP contribution is 2.35. The van der Waals surface area contributed by atoms with Gasteiger partial charge in [0.2, 0.25) is 0 Å². The van der Waals surface area contributed by atoms with Crippen LogP contribution in [0.5, 0.6) is 0 Å². The highest BCUT2D eigenvalue weighted by molar-refractivity contribution is 5.76. The average Bonchev–Trinajstić information content (AvgIpc) is 2.56. The second-order valence-electron chi connectivity index (χ2n) is 3.87. The molecule has 1 aromatic carbocycles. The zero-order valence-electron chi connectivity index (χ0n) is 8.12. The summed E-state index contributed by atoms with van der Waals surface area (Å²) < 4.78 is 0. The van der Waals surface area contributed by atoms with E-state index in [0.29, 0.717) is 0 Å². The van der Waals surface area contributed by atoms with Gasteiger partial charge in [-0.1, -0.05) is 23.8 Å².